The molecule has 0 aliphatic carbocycles. The van der Waals surface area contributed by atoms with Crippen LogP contribution in [0.4, 0.5) is 0 Å². The van der Waals surface area contributed by atoms with Crippen LogP contribution in [0.15, 0.2) is 35.5 Å². The van der Waals surface area contributed by atoms with E-state index in [0.717, 1.165) is 16.3 Å². The van der Waals surface area contributed by atoms with E-state index in [9.17, 15) is 0 Å². The number of hydrogen-bond donors (Lipinski definition) is 0. The zero-order chi connectivity index (χ0) is 12.3. The third-order valence-corrected chi connectivity index (χ3v) is 3.85. The molecule has 0 bridgehead atoms. The highest BCUT2D eigenvalue weighted by molar-refractivity contribution is 7.98. The molecule has 2 aromatic rings. The molecule has 0 unspecified atom stereocenters. The Morgan fingerprint density at radius 3 is 2.71 bits per heavy atom. The van der Waals surface area contributed by atoms with E-state index >= 15 is 0 Å². The topological polar surface area (TPSA) is 25.8 Å². The molecule has 0 amide bonds. The van der Waals surface area contributed by atoms with Gasteiger partial charge < -0.3 is 0 Å². The summed E-state index contributed by atoms with van der Waals surface area (Å²) < 4.78 is 0. The van der Waals surface area contributed by atoms with Crippen molar-refractivity contribution in [2.45, 2.75) is 24.6 Å². The second-order valence-electron chi connectivity index (χ2n) is 3.84. The lowest BCUT2D eigenvalue weighted by atomic mass is 10.1. The highest BCUT2D eigenvalue weighted by Gasteiger charge is 2.05. The van der Waals surface area contributed by atoms with Crippen molar-refractivity contribution in [3.05, 3.63) is 52.4 Å². The largest absolute Gasteiger partial charge is 0.226 e. The SMILES string of the molecule is Cc1ccccc1CSc1nc(Cl)ncc1C. The van der Waals surface area contributed by atoms with Crippen LogP contribution in [0.3, 0.4) is 0 Å². The summed E-state index contributed by atoms with van der Waals surface area (Å²) in [6, 6.07) is 8.37. The summed E-state index contributed by atoms with van der Waals surface area (Å²) in [5.41, 5.74) is 3.69. The monoisotopic (exact) mass is 264 g/mol. The van der Waals surface area contributed by atoms with Crippen LogP contribution in [0, 0.1) is 13.8 Å². The molecule has 2 nitrogen and oxygen atoms in total. The van der Waals surface area contributed by atoms with Crippen molar-refractivity contribution in [2.24, 2.45) is 0 Å². The minimum atomic E-state index is 0.308. The fourth-order valence-corrected chi connectivity index (χ4v) is 2.70. The van der Waals surface area contributed by atoms with Gasteiger partial charge in [-0.2, -0.15) is 0 Å². The smallest absolute Gasteiger partial charge is 0.223 e. The molecule has 0 aliphatic heterocycles. The first-order valence-corrected chi connectivity index (χ1v) is 6.69. The van der Waals surface area contributed by atoms with E-state index in [4.69, 9.17) is 11.6 Å². The van der Waals surface area contributed by atoms with E-state index in [1.165, 1.54) is 11.1 Å². The van der Waals surface area contributed by atoms with Crippen LogP contribution in [0.25, 0.3) is 0 Å². The molecule has 1 aromatic carbocycles. The number of benzene rings is 1. The quantitative estimate of drug-likeness (QED) is 0.475. The molecule has 0 fully saturated rings. The Kier molecular flexibility index (Phi) is 4.02. The van der Waals surface area contributed by atoms with E-state index in [0.29, 0.717) is 5.28 Å². The number of thioether (sulfide) groups is 1. The Balaban J connectivity index is 2.12. The second kappa shape index (κ2) is 5.52. The second-order valence-corrected chi connectivity index (χ2v) is 5.14. The van der Waals surface area contributed by atoms with Gasteiger partial charge in [-0.05, 0) is 42.1 Å². The van der Waals surface area contributed by atoms with Crippen molar-refractivity contribution in [3.8, 4) is 0 Å². The van der Waals surface area contributed by atoms with E-state index in [2.05, 4.69) is 41.2 Å². The van der Waals surface area contributed by atoms with Crippen molar-refractivity contribution in [3.63, 3.8) is 0 Å². The average Bonchev–Trinajstić information content (AvgIpc) is 2.32. The molecular formula is C13H13ClN2S. The minimum Gasteiger partial charge on any atom is -0.226 e. The van der Waals surface area contributed by atoms with E-state index in [1.807, 2.05) is 6.92 Å². The van der Waals surface area contributed by atoms with E-state index in [1.54, 1.807) is 18.0 Å². The summed E-state index contributed by atoms with van der Waals surface area (Å²) in [4.78, 5) is 8.19. The van der Waals surface area contributed by atoms with Crippen molar-refractivity contribution in [2.75, 3.05) is 0 Å². The van der Waals surface area contributed by atoms with Gasteiger partial charge in [0.05, 0.1) is 0 Å². The zero-order valence-corrected chi connectivity index (χ0v) is 11.3. The third-order valence-electron chi connectivity index (χ3n) is 2.52. The molecule has 2 rings (SSSR count). The summed E-state index contributed by atoms with van der Waals surface area (Å²) in [6.45, 7) is 4.12. The fraction of sp³-hybridized carbons (Fsp3) is 0.231. The highest BCUT2D eigenvalue weighted by atomic mass is 35.5. The van der Waals surface area contributed by atoms with Crippen molar-refractivity contribution < 1.29 is 0 Å². The van der Waals surface area contributed by atoms with Crippen molar-refractivity contribution >= 4 is 23.4 Å². The molecular weight excluding hydrogens is 252 g/mol. The van der Waals surface area contributed by atoms with Crippen LogP contribution < -0.4 is 0 Å². The Morgan fingerprint density at radius 2 is 1.94 bits per heavy atom. The molecule has 0 saturated carbocycles. The number of hydrogen-bond acceptors (Lipinski definition) is 3. The van der Waals surface area contributed by atoms with Crippen LogP contribution >= 0.6 is 23.4 Å². The first-order valence-electron chi connectivity index (χ1n) is 5.33. The van der Waals surface area contributed by atoms with Gasteiger partial charge in [0.15, 0.2) is 0 Å². The number of rotatable bonds is 3. The maximum Gasteiger partial charge on any atom is 0.223 e. The van der Waals surface area contributed by atoms with Gasteiger partial charge in [0.25, 0.3) is 0 Å². The Labute approximate surface area is 110 Å². The van der Waals surface area contributed by atoms with Crippen LogP contribution in [0.5, 0.6) is 0 Å². The van der Waals surface area contributed by atoms with Crippen LogP contribution in [-0.2, 0) is 5.75 Å². The lowest BCUT2D eigenvalue weighted by Gasteiger charge is -2.06. The molecule has 17 heavy (non-hydrogen) atoms. The average molecular weight is 265 g/mol. The van der Waals surface area contributed by atoms with E-state index < -0.39 is 0 Å². The number of nitrogens with zero attached hydrogens (tertiary/aromatic N) is 2. The Hall–Kier alpha value is -1.06. The van der Waals surface area contributed by atoms with Gasteiger partial charge in [0, 0.05) is 11.9 Å². The standard InChI is InChI=1S/C13H13ClN2S/c1-9-5-3-4-6-11(9)8-17-12-10(2)7-15-13(14)16-12/h3-7H,8H2,1-2H3. The predicted octanol–water partition coefficient (Wildman–Crippen LogP) is 4.04. The molecule has 0 atom stereocenters. The maximum atomic E-state index is 5.79. The predicted molar refractivity (Wildman–Crippen MR) is 72.5 cm³/mol. The van der Waals surface area contributed by atoms with Crippen molar-refractivity contribution in [1.82, 2.24) is 9.97 Å². The van der Waals surface area contributed by atoms with Crippen molar-refractivity contribution in [1.29, 1.82) is 0 Å². The highest BCUT2D eigenvalue weighted by Crippen LogP contribution is 2.25. The molecule has 1 aromatic heterocycles. The van der Waals surface area contributed by atoms with Gasteiger partial charge in [-0.3, -0.25) is 0 Å². The number of aromatic nitrogens is 2. The van der Waals surface area contributed by atoms with Gasteiger partial charge in [-0.25, -0.2) is 9.97 Å². The van der Waals surface area contributed by atoms with Crippen LogP contribution in [0.1, 0.15) is 16.7 Å². The Bertz CT molecular complexity index is 529. The van der Waals surface area contributed by atoms with Gasteiger partial charge in [-0.1, -0.05) is 24.3 Å². The zero-order valence-electron chi connectivity index (χ0n) is 9.77. The fourth-order valence-electron chi connectivity index (χ4n) is 1.47. The first-order chi connectivity index (χ1) is 8.16. The van der Waals surface area contributed by atoms with Gasteiger partial charge in [0.2, 0.25) is 5.28 Å². The molecule has 0 aliphatic rings. The molecule has 0 saturated heterocycles. The molecule has 88 valence electrons. The summed E-state index contributed by atoms with van der Waals surface area (Å²) in [7, 11) is 0. The van der Waals surface area contributed by atoms with Crippen LogP contribution in [-0.4, -0.2) is 9.97 Å². The van der Waals surface area contributed by atoms with Gasteiger partial charge >= 0.3 is 0 Å². The third kappa shape index (κ3) is 3.20. The molecule has 1 heterocycles. The number of halogens is 1. The molecule has 0 radical (unpaired) electrons. The number of aryl methyl sites for hydroxylation is 2. The van der Waals surface area contributed by atoms with E-state index in [-0.39, 0.29) is 0 Å². The lowest BCUT2D eigenvalue weighted by Crippen LogP contribution is -1.91. The minimum absolute atomic E-state index is 0.308. The Morgan fingerprint density at radius 1 is 1.18 bits per heavy atom. The molecule has 4 heteroatoms. The normalized spacial score (nSPS) is 10.5. The van der Waals surface area contributed by atoms with Gasteiger partial charge in [-0.15, -0.1) is 11.8 Å². The maximum absolute atomic E-state index is 5.79. The molecule has 0 N–H and O–H groups in total. The van der Waals surface area contributed by atoms with Crippen LogP contribution in [0.2, 0.25) is 5.28 Å². The lowest BCUT2D eigenvalue weighted by molar-refractivity contribution is 1.00. The summed E-state index contributed by atoms with van der Waals surface area (Å²) in [6.07, 6.45) is 1.76. The first kappa shape index (κ1) is 12.4. The summed E-state index contributed by atoms with van der Waals surface area (Å²) in [5, 5.41) is 1.26. The summed E-state index contributed by atoms with van der Waals surface area (Å²) in [5.74, 6) is 0.904. The molecule has 0 spiro atoms. The summed E-state index contributed by atoms with van der Waals surface area (Å²) >= 11 is 7.49. The van der Waals surface area contributed by atoms with Gasteiger partial charge in [0.1, 0.15) is 5.03 Å².